The van der Waals surface area contributed by atoms with Crippen molar-refractivity contribution in [1.29, 1.82) is 0 Å². The van der Waals surface area contributed by atoms with Crippen LogP contribution in [0.4, 0.5) is 4.39 Å². The van der Waals surface area contributed by atoms with E-state index in [-0.39, 0.29) is 5.56 Å². The zero-order chi connectivity index (χ0) is 9.84. The molecule has 2 nitrogen and oxygen atoms in total. The molecule has 0 saturated carbocycles. The summed E-state index contributed by atoms with van der Waals surface area (Å²) in [7, 11) is 0. The molecule has 0 saturated heterocycles. The number of hydrogen-bond acceptors (Lipinski definition) is 1. The first-order valence-electron chi connectivity index (χ1n) is 4.17. The van der Waals surface area contributed by atoms with Gasteiger partial charge in [0.15, 0.2) is 0 Å². The van der Waals surface area contributed by atoms with Gasteiger partial charge in [-0.3, -0.25) is 0 Å². The van der Waals surface area contributed by atoms with E-state index in [1.54, 1.807) is 0 Å². The van der Waals surface area contributed by atoms with Gasteiger partial charge in [0.1, 0.15) is 5.82 Å². The highest BCUT2D eigenvalue weighted by molar-refractivity contribution is 5.89. The second kappa shape index (κ2) is 4.03. The molecule has 0 spiro atoms. The van der Waals surface area contributed by atoms with Crippen LogP contribution in [-0.2, 0) is 6.42 Å². The summed E-state index contributed by atoms with van der Waals surface area (Å²) in [5, 5.41) is 8.75. The second-order valence-corrected chi connectivity index (χ2v) is 2.82. The molecular formula is C10H11FO2. The Morgan fingerprint density at radius 3 is 2.77 bits per heavy atom. The van der Waals surface area contributed by atoms with Gasteiger partial charge >= 0.3 is 5.97 Å². The number of aromatic carboxylic acids is 1. The molecule has 0 amide bonds. The maximum atomic E-state index is 13.1. The minimum Gasteiger partial charge on any atom is -0.478 e. The Hall–Kier alpha value is -1.38. The second-order valence-electron chi connectivity index (χ2n) is 2.82. The lowest BCUT2D eigenvalue weighted by atomic mass is 10.0. The first-order valence-corrected chi connectivity index (χ1v) is 4.17. The van der Waals surface area contributed by atoms with E-state index >= 15 is 0 Å². The lowest BCUT2D eigenvalue weighted by Gasteiger charge is -2.04. The smallest absolute Gasteiger partial charge is 0.336 e. The molecule has 3 heteroatoms. The molecule has 0 atom stereocenters. The van der Waals surface area contributed by atoms with E-state index in [0.29, 0.717) is 12.0 Å². The quantitative estimate of drug-likeness (QED) is 0.779. The molecule has 0 fully saturated rings. The Morgan fingerprint density at radius 1 is 1.54 bits per heavy atom. The van der Waals surface area contributed by atoms with Gasteiger partial charge < -0.3 is 5.11 Å². The van der Waals surface area contributed by atoms with Crippen LogP contribution in [0.15, 0.2) is 18.2 Å². The molecule has 1 rings (SSSR count). The maximum absolute atomic E-state index is 13.1. The molecule has 70 valence electrons. The van der Waals surface area contributed by atoms with Gasteiger partial charge in [0, 0.05) is 5.56 Å². The summed E-state index contributed by atoms with van der Waals surface area (Å²) < 4.78 is 13.1. The Balaban J connectivity index is 3.17. The lowest BCUT2D eigenvalue weighted by molar-refractivity contribution is 0.0695. The van der Waals surface area contributed by atoms with Crippen molar-refractivity contribution in [3.8, 4) is 0 Å². The van der Waals surface area contributed by atoms with Crippen LogP contribution < -0.4 is 0 Å². The van der Waals surface area contributed by atoms with E-state index in [4.69, 9.17) is 5.11 Å². The summed E-state index contributed by atoms with van der Waals surface area (Å²) in [6, 6.07) is 4.13. The molecule has 0 radical (unpaired) electrons. The average molecular weight is 182 g/mol. The molecule has 0 aliphatic carbocycles. The van der Waals surface area contributed by atoms with Crippen molar-refractivity contribution >= 4 is 5.97 Å². The van der Waals surface area contributed by atoms with Crippen molar-refractivity contribution in [2.75, 3.05) is 0 Å². The van der Waals surface area contributed by atoms with Gasteiger partial charge in [-0.15, -0.1) is 0 Å². The molecule has 13 heavy (non-hydrogen) atoms. The van der Waals surface area contributed by atoms with E-state index in [1.807, 2.05) is 6.92 Å². The fourth-order valence-electron chi connectivity index (χ4n) is 1.26. The number of hydrogen-bond donors (Lipinski definition) is 1. The Labute approximate surface area is 76.0 Å². The summed E-state index contributed by atoms with van der Waals surface area (Å²) in [4.78, 5) is 10.7. The Bertz CT molecular complexity index is 321. The predicted molar refractivity (Wildman–Crippen MR) is 47.4 cm³/mol. The minimum absolute atomic E-state index is 0.0712. The van der Waals surface area contributed by atoms with Crippen LogP contribution in [0, 0.1) is 5.82 Å². The molecule has 0 aliphatic rings. The van der Waals surface area contributed by atoms with E-state index in [0.717, 1.165) is 6.42 Å². The Morgan fingerprint density at radius 2 is 2.23 bits per heavy atom. The Kier molecular flexibility index (Phi) is 3.01. The van der Waals surface area contributed by atoms with Crippen molar-refractivity contribution in [3.05, 3.63) is 35.1 Å². The van der Waals surface area contributed by atoms with Gasteiger partial charge in [-0.1, -0.05) is 19.4 Å². The van der Waals surface area contributed by atoms with Gasteiger partial charge in [0.05, 0.1) is 5.56 Å². The monoisotopic (exact) mass is 182 g/mol. The summed E-state index contributed by atoms with van der Waals surface area (Å²) in [5.41, 5.74) is 0.374. The molecule has 1 N–H and O–H groups in total. The van der Waals surface area contributed by atoms with Crippen molar-refractivity contribution in [3.63, 3.8) is 0 Å². The van der Waals surface area contributed by atoms with Crippen LogP contribution >= 0.6 is 0 Å². The van der Waals surface area contributed by atoms with Crippen molar-refractivity contribution in [2.24, 2.45) is 0 Å². The zero-order valence-corrected chi connectivity index (χ0v) is 7.38. The molecule has 1 aromatic carbocycles. The fourth-order valence-corrected chi connectivity index (χ4v) is 1.26. The average Bonchev–Trinajstić information content (AvgIpc) is 2.08. The molecule has 0 aromatic heterocycles. The number of carbonyl (C=O) groups is 1. The predicted octanol–water partition coefficient (Wildman–Crippen LogP) is 2.48. The highest BCUT2D eigenvalue weighted by Crippen LogP contribution is 2.15. The number of carboxylic acid groups (broad SMARTS) is 1. The van der Waals surface area contributed by atoms with Gasteiger partial charge in [0.2, 0.25) is 0 Å². The molecule has 0 aliphatic heterocycles. The molecule has 1 aromatic rings. The molecule has 0 bridgehead atoms. The first kappa shape index (κ1) is 9.71. The normalized spacial score (nSPS) is 10.0. The third kappa shape index (κ3) is 2.05. The van der Waals surface area contributed by atoms with Crippen LogP contribution in [0.3, 0.4) is 0 Å². The van der Waals surface area contributed by atoms with Gasteiger partial charge in [-0.2, -0.15) is 0 Å². The topological polar surface area (TPSA) is 37.3 Å². The SMILES string of the molecule is CCCc1c(F)cccc1C(=O)O. The summed E-state index contributed by atoms with van der Waals surface area (Å²) in [5.74, 6) is -1.50. The summed E-state index contributed by atoms with van der Waals surface area (Å²) >= 11 is 0. The van der Waals surface area contributed by atoms with E-state index in [2.05, 4.69) is 0 Å². The minimum atomic E-state index is -1.07. The summed E-state index contributed by atoms with van der Waals surface area (Å²) in [6.45, 7) is 1.89. The van der Waals surface area contributed by atoms with E-state index < -0.39 is 11.8 Å². The van der Waals surface area contributed by atoms with Crippen LogP contribution in [0.25, 0.3) is 0 Å². The number of halogens is 1. The fraction of sp³-hybridized carbons (Fsp3) is 0.300. The first-order chi connectivity index (χ1) is 6.16. The number of rotatable bonds is 3. The highest BCUT2D eigenvalue weighted by Gasteiger charge is 2.12. The van der Waals surface area contributed by atoms with Crippen molar-refractivity contribution < 1.29 is 14.3 Å². The third-order valence-corrected chi connectivity index (χ3v) is 1.85. The zero-order valence-electron chi connectivity index (χ0n) is 7.38. The van der Waals surface area contributed by atoms with Gasteiger partial charge in [-0.25, -0.2) is 9.18 Å². The van der Waals surface area contributed by atoms with Crippen molar-refractivity contribution in [1.82, 2.24) is 0 Å². The number of benzene rings is 1. The summed E-state index contributed by atoms with van der Waals surface area (Å²) in [6.07, 6.45) is 1.20. The van der Waals surface area contributed by atoms with E-state index in [9.17, 15) is 9.18 Å². The number of carboxylic acids is 1. The van der Waals surface area contributed by atoms with E-state index in [1.165, 1.54) is 18.2 Å². The molecule has 0 heterocycles. The molecule has 0 unspecified atom stereocenters. The van der Waals surface area contributed by atoms with Crippen LogP contribution in [0.5, 0.6) is 0 Å². The maximum Gasteiger partial charge on any atom is 0.336 e. The lowest BCUT2D eigenvalue weighted by Crippen LogP contribution is -2.04. The van der Waals surface area contributed by atoms with Gasteiger partial charge in [-0.05, 0) is 18.6 Å². The van der Waals surface area contributed by atoms with Crippen LogP contribution in [0.1, 0.15) is 29.3 Å². The standard InChI is InChI=1S/C10H11FO2/c1-2-4-7-8(10(12)13)5-3-6-9(7)11/h3,5-6H,2,4H2,1H3,(H,12,13). The molecular weight excluding hydrogens is 171 g/mol. The van der Waals surface area contributed by atoms with Crippen molar-refractivity contribution in [2.45, 2.75) is 19.8 Å². The third-order valence-electron chi connectivity index (χ3n) is 1.85. The van der Waals surface area contributed by atoms with Gasteiger partial charge in [0.25, 0.3) is 0 Å². The van der Waals surface area contributed by atoms with Crippen LogP contribution in [-0.4, -0.2) is 11.1 Å². The highest BCUT2D eigenvalue weighted by atomic mass is 19.1. The largest absolute Gasteiger partial charge is 0.478 e. The van der Waals surface area contributed by atoms with Crippen LogP contribution in [0.2, 0.25) is 0 Å².